The van der Waals surface area contributed by atoms with Crippen LogP contribution in [0.25, 0.3) is 0 Å². The number of hydrogen-bond donors (Lipinski definition) is 3. The Kier molecular flexibility index (Phi) is 4.79. The molecular weight excluding hydrogens is 276 g/mol. The van der Waals surface area contributed by atoms with Gasteiger partial charge in [-0.3, -0.25) is 4.79 Å². The maximum Gasteiger partial charge on any atom is 0.259 e. The van der Waals surface area contributed by atoms with Gasteiger partial charge in [-0.2, -0.15) is 5.10 Å². The summed E-state index contributed by atoms with van der Waals surface area (Å²) in [4.78, 5) is 14.6. The van der Waals surface area contributed by atoms with Gasteiger partial charge in [0.05, 0.1) is 18.5 Å². The molecule has 0 atom stereocenters. The van der Waals surface area contributed by atoms with Crippen LogP contribution in [0.3, 0.4) is 0 Å². The highest BCUT2D eigenvalue weighted by Gasteiger charge is 2.04. The number of H-pyrrole nitrogens is 1. The van der Waals surface area contributed by atoms with E-state index in [1.807, 2.05) is 37.3 Å². The molecule has 6 heteroatoms. The van der Waals surface area contributed by atoms with Crippen molar-refractivity contribution in [1.82, 2.24) is 10.4 Å². The van der Waals surface area contributed by atoms with Crippen LogP contribution in [0.5, 0.6) is 0 Å². The zero-order valence-electron chi connectivity index (χ0n) is 11.0. The van der Waals surface area contributed by atoms with Gasteiger partial charge in [-0.15, -0.1) is 0 Å². The molecule has 0 radical (unpaired) electrons. The van der Waals surface area contributed by atoms with Gasteiger partial charge in [-0.25, -0.2) is 5.43 Å². The van der Waals surface area contributed by atoms with E-state index in [0.717, 1.165) is 16.9 Å². The largest absolute Gasteiger partial charge is 0.376 e. The van der Waals surface area contributed by atoms with Gasteiger partial charge >= 0.3 is 0 Å². The summed E-state index contributed by atoms with van der Waals surface area (Å²) in [6.07, 6.45) is 3.33. The average Bonchev–Trinajstić information content (AvgIpc) is 2.94. The van der Waals surface area contributed by atoms with Gasteiger partial charge in [-0.05, 0) is 36.8 Å². The Hall–Kier alpha value is -2.27. The molecule has 0 fully saturated rings. The molecule has 3 N–H and O–H groups in total. The van der Waals surface area contributed by atoms with E-state index in [2.05, 4.69) is 20.8 Å². The van der Waals surface area contributed by atoms with Gasteiger partial charge < -0.3 is 10.3 Å². The predicted molar refractivity (Wildman–Crippen MR) is 81.2 cm³/mol. The Bertz CT molecular complexity index is 608. The van der Waals surface area contributed by atoms with Crippen molar-refractivity contribution in [2.45, 2.75) is 6.92 Å². The number of anilines is 1. The van der Waals surface area contributed by atoms with Crippen LogP contribution in [-0.2, 0) is 4.79 Å². The number of hydrogen-bond acceptors (Lipinski definition) is 3. The Labute approximate surface area is 122 Å². The highest BCUT2D eigenvalue weighted by Crippen LogP contribution is 2.22. The number of carbonyl (C=O) groups is 1. The summed E-state index contributed by atoms with van der Waals surface area (Å²) in [5, 5.41) is 7.53. The normalized spacial score (nSPS) is 10.7. The molecule has 2 aromatic rings. The zero-order valence-corrected chi connectivity index (χ0v) is 11.7. The maximum atomic E-state index is 11.6. The highest BCUT2D eigenvalue weighted by molar-refractivity contribution is 6.31. The standard InChI is InChI=1S/C14H15ClN4O/c1-10-12(15)5-2-6-13(10)17-9-14(20)19-18-8-11-4-3-7-16-11/h2-8,16-17H,9H2,1H3,(H,19,20). The molecule has 0 unspecified atom stereocenters. The lowest BCUT2D eigenvalue weighted by Gasteiger charge is -2.09. The number of carbonyl (C=O) groups excluding carboxylic acids is 1. The van der Waals surface area contributed by atoms with Crippen molar-refractivity contribution >= 4 is 29.4 Å². The number of halogens is 1. The van der Waals surface area contributed by atoms with E-state index in [1.54, 1.807) is 12.4 Å². The van der Waals surface area contributed by atoms with Gasteiger partial charge in [0.25, 0.3) is 5.91 Å². The van der Waals surface area contributed by atoms with Gasteiger partial charge in [-0.1, -0.05) is 17.7 Å². The summed E-state index contributed by atoms with van der Waals surface area (Å²) in [6, 6.07) is 9.22. The first-order valence-electron chi connectivity index (χ1n) is 6.11. The van der Waals surface area contributed by atoms with E-state index in [1.165, 1.54) is 0 Å². The molecule has 0 spiro atoms. The van der Waals surface area contributed by atoms with Gasteiger partial charge in [0, 0.05) is 16.9 Å². The third kappa shape index (κ3) is 3.86. The molecule has 1 aromatic carbocycles. The summed E-state index contributed by atoms with van der Waals surface area (Å²) < 4.78 is 0. The number of rotatable bonds is 5. The molecule has 104 valence electrons. The van der Waals surface area contributed by atoms with Gasteiger partial charge in [0.2, 0.25) is 0 Å². The van der Waals surface area contributed by atoms with Crippen molar-refractivity contribution < 1.29 is 4.79 Å². The fraction of sp³-hybridized carbons (Fsp3) is 0.143. The highest BCUT2D eigenvalue weighted by atomic mass is 35.5. The quantitative estimate of drug-likeness (QED) is 0.585. The minimum atomic E-state index is -0.229. The van der Waals surface area contributed by atoms with Crippen LogP contribution >= 0.6 is 11.6 Å². The van der Waals surface area contributed by atoms with E-state index in [-0.39, 0.29) is 12.5 Å². The molecule has 0 bridgehead atoms. The summed E-state index contributed by atoms with van der Waals surface area (Å²) in [5.74, 6) is -0.229. The summed E-state index contributed by atoms with van der Waals surface area (Å²) >= 11 is 6.00. The first kappa shape index (κ1) is 14.1. The Morgan fingerprint density at radius 2 is 2.25 bits per heavy atom. The topological polar surface area (TPSA) is 69.3 Å². The van der Waals surface area contributed by atoms with Crippen molar-refractivity contribution in [3.05, 3.63) is 52.8 Å². The molecule has 1 heterocycles. The number of nitrogens with zero attached hydrogens (tertiary/aromatic N) is 1. The lowest BCUT2D eigenvalue weighted by Crippen LogP contribution is -2.26. The smallest absolute Gasteiger partial charge is 0.259 e. The molecule has 2 rings (SSSR count). The van der Waals surface area contributed by atoms with E-state index in [4.69, 9.17) is 11.6 Å². The summed E-state index contributed by atoms with van der Waals surface area (Å²) in [7, 11) is 0. The number of aromatic nitrogens is 1. The summed E-state index contributed by atoms with van der Waals surface area (Å²) in [6.45, 7) is 2.02. The monoisotopic (exact) mass is 290 g/mol. The van der Waals surface area contributed by atoms with Crippen LogP contribution in [0.1, 0.15) is 11.3 Å². The SMILES string of the molecule is Cc1c(Cl)cccc1NCC(=O)NN=Cc1ccc[nH]1. The van der Waals surface area contributed by atoms with Crippen LogP contribution in [0, 0.1) is 6.92 Å². The van der Waals surface area contributed by atoms with Crippen LogP contribution in [0.2, 0.25) is 5.02 Å². The Morgan fingerprint density at radius 3 is 3.00 bits per heavy atom. The average molecular weight is 291 g/mol. The van der Waals surface area contributed by atoms with Crippen molar-refractivity contribution in [3.63, 3.8) is 0 Å². The molecule has 1 aromatic heterocycles. The Balaban J connectivity index is 1.82. The van der Waals surface area contributed by atoms with E-state index >= 15 is 0 Å². The van der Waals surface area contributed by atoms with Crippen molar-refractivity contribution in [3.8, 4) is 0 Å². The van der Waals surface area contributed by atoms with Crippen LogP contribution in [-0.4, -0.2) is 23.7 Å². The van der Waals surface area contributed by atoms with Crippen molar-refractivity contribution in [2.24, 2.45) is 5.10 Å². The maximum absolute atomic E-state index is 11.6. The van der Waals surface area contributed by atoms with Gasteiger partial charge in [0.15, 0.2) is 0 Å². The van der Waals surface area contributed by atoms with Crippen molar-refractivity contribution in [1.29, 1.82) is 0 Å². The third-order valence-corrected chi connectivity index (χ3v) is 3.13. The number of benzene rings is 1. The minimum Gasteiger partial charge on any atom is -0.376 e. The fourth-order valence-corrected chi connectivity index (χ4v) is 1.79. The van der Waals surface area contributed by atoms with E-state index in [0.29, 0.717) is 5.02 Å². The van der Waals surface area contributed by atoms with Crippen LogP contribution in [0.15, 0.2) is 41.6 Å². The number of aromatic amines is 1. The molecular formula is C14H15ClN4O. The first-order valence-corrected chi connectivity index (χ1v) is 6.49. The number of nitrogens with one attached hydrogen (secondary N) is 3. The minimum absolute atomic E-state index is 0.128. The molecule has 1 amide bonds. The molecule has 5 nitrogen and oxygen atoms in total. The molecule has 0 aliphatic heterocycles. The van der Waals surface area contributed by atoms with Crippen LogP contribution < -0.4 is 10.7 Å². The summed E-state index contributed by atoms with van der Waals surface area (Å²) in [5.41, 5.74) is 5.01. The molecule has 0 saturated heterocycles. The van der Waals surface area contributed by atoms with Crippen LogP contribution in [0.4, 0.5) is 5.69 Å². The van der Waals surface area contributed by atoms with Crippen molar-refractivity contribution in [2.75, 3.05) is 11.9 Å². The Morgan fingerprint density at radius 1 is 1.40 bits per heavy atom. The molecule has 20 heavy (non-hydrogen) atoms. The molecule has 0 saturated carbocycles. The zero-order chi connectivity index (χ0) is 14.4. The van der Waals surface area contributed by atoms with Gasteiger partial charge in [0.1, 0.15) is 0 Å². The molecule has 0 aliphatic rings. The number of amides is 1. The first-order chi connectivity index (χ1) is 9.66. The third-order valence-electron chi connectivity index (χ3n) is 2.72. The lowest BCUT2D eigenvalue weighted by atomic mass is 10.2. The molecule has 0 aliphatic carbocycles. The number of hydrazone groups is 1. The van der Waals surface area contributed by atoms with E-state index in [9.17, 15) is 4.79 Å². The second kappa shape index (κ2) is 6.77. The second-order valence-electron chi connectivity index (χ2n) is 4.18. The lowest BCUT2D eigenvalue weighted by molar-refractivity contribution is -0.119. The van der Waals surface area contributed by atoms with E-state index < -0.39 is 0 Å². The fourth-order valence-electron chi connectivity index (χ4n) is 1.61. The predicted octanol–water partition coefficient (Wildman–Crippen LogP) is 2.54. The second-order valence-corrected chi connectivity index (χ2v) is 4.59.